The van der Waals surface area contributed by atoms with Gasteiger partial charge in [0.1, 0.15) is 0 Å². The molecule has 5 heteroatoms. The number of nitrogens with one attached hydrogen (secondary N) is 1. The van der Waals surface area contributed by atoms with Gasteiger partial charge in [0.25, 0.3) is 0 Å². The minimum atomic E-state index is -4.09. The highest BCUT2D eigenvalue weighted by Crippen LogP contribution is 2.37. The SMILES string of the molecule is Cc1ccc(CNC2CCCCC2C(F)(F)F)c(Br)c1. The summed E-state index contributed by atoms with van der Waals surface area (Å²) < 4.78 is 39.9. The molecule has 0 amide bonds. The van der Waals surface area contributed by atoms with Crippen molar-refractivity contribution in [2.24, 2.45) is 5.92 Å². The summed E-state index contributed by atoms with van der Waals surface area (Å²) in [5, 5.41) is 3.10. The van der Waals surface area contributed by atoms with E-state index in [4.69, 9.17) is 0 Å². The Labute approximate surface area is 126 Å². The Morgan fingerprint density at radius 3 is 2.60 bits per heavy atom. The molecule has 1 aromatic carbocycles. The summed E-state index contributed by atoms with van der Waals surface area (Å²) in [4.78, 5) is 0. The van der Waals surface area contributed by atoms with E-state index >= 15 is 0 Å². The standard InChI is InChI=1S/C15H19BrF3N/c1-10-6-7-11(13(16)8-10)9-20-14-5-3-2-4-12(14)15(17,18)19/h6-8,12,14,20H,2-5,9H2,1H3. The average molecular weight is 350 g/mol. The first kappa shape index (κ1) is 15.8. The van der Waals surface area contributed by atoms with Crippen molar-refractivity contribution in [2.45, 2.75) is 51.4 Å². The molecule has 1 saturated carbocycles. The molecule has 1 aliphatic carbocycles. The molecule has 0 bridgehead atoms. The normalized spacial score (nSPS) is 23.9. The molecule has 20 heavy (non-hydrogen) atoms. The number of rotatable bonds is 3. The lowest BCUT2D eigenvalue weighted by molar-refractivity contribution is -0.189. The third-order valence-corrected chi connectivity index (χ3v) is 4.69. The van der Waals surface area contributed by atoms with Crippen LogP contribution in [0.5, 0.6) is 0 Å². The highest BCUT2D eigenvalue weighted by Gasteiger charge is 2.45. The molecule has 1 aromatic rings. The van der Waals surface area contributed by atoms with Crippen LogP contribution < -0.4 is 5.32 Å². The molecule has 0 radical (unpaired) electrons. The number of halogens is 4. The highest BCUT2D eigenvalue weighted by molar-refractivity contribution is 9.10. The van der Waals surface area contributed by atoms with Gasteiger partial charge in [-0.25, -0.2) is 0 Å². The molecule has 112 valence electrons. The summed E-state index contributed by atoms with van der Waals surface area (Å²) in [6, 6.07) is 5.46. The van der Waals surface area contributed by atoms with E-state index < -0.39 is 18.1 Å². The Kier molecular flexibility index (Phi) is 5.13. The van der Waals surface area contributed by atoms with Crippen LogP contribution in [-0.4, -0.2) is 12.2 Å². The molecule has 0 spiro atoms. The van der Waals surface area contributed by atoms with Crippen molar-refractivity contribution in [1.29, 1.82) is 0 Å². The van der Waals surface area contributed by atoms with Crippen LogP contribution in [0.1, 0.15) is 36.8 Å². The van der Waals surface area contributed by atoms with Crippen molar-refractivity contribution in [3.8, 4) is 0 Å². The Hall–Kier alpha value is -0.550. The first-order valence-corrected chi connectivity index (χ1v) is 7.72. The van der Waals surface area contributed by atoms with Crippen molar-refractivity contribution >= 4 is 15.9 Å². The zero-order chi connectivity index (χ0) is 14.8. The summed E-state index contributed by atoms with van der Waals surface area (Å²) in [5.41, 5.74) is 2.13. The first-order chi connectivity index (χ1) is 9.38. The van der Waals surface area contributed by atoms with E-state index in [1.54, 1.807) is 0 Å². The van der Waals surface area contributed by atoms with Gasteiger partial charge in [-0.15, -0.1) is 0 Å². The van der Waals surface area contributed by atoms with Crippen LogP contribution in [-0.2, 0) is 6.54 Å². The van der Waals surface area contributed by atoms with Gasteiger partial charge in [0, 0.05) is 17.1 Å². The van der Waals surface area contributed by atoms with Crippen molar-refractivity contribution in [1.82, 2.24) is 5.32 Å². The number of benzene rings is 1. The second-order valence-corrected chi connectivity index (χ2v) is 6.37. The predicted octanol–water partition coefficient (Wildman–Crippen LogP) is 4.97. The van der Waals surface area contributed by atoms with Crippen LogP contribution in [0.25, 0.3) is 0 Å². The first-order valence-electron chi connectivity index (χ1n) is 6.93. The Morgan fingerprint density at radius 1 is 1.25 bits per heavy atom. The molecular weight excluding hydrogens is 331 g/mol. The third-order valence-electron chi connectivity index (χ3n) is 3.95. The van der Waals surface area contributed by atoms with E-state index in [1.807, 2.05) is 25.1 Å². The lowest BCUT2D eigenvalue weighted by atomic mass is 9.84. The summed E-state index contributed by atoms with van der Waals surface area (Å²) >= 11 is 3.46. The molecule has 1 fully saturated rings. The summed E-state index contributed by atoms with van der Waals surface area (Å²) in [5.74, 6) is -1.21. The van der Waals surface area contributed by atoms with Crippen molar-refractivity contribution in [2.75, 3.05) is 0 Å². The van der Waals surface area contributed by atoms with E-state index in [-0.39, 0.29) is 6.42 Å². The smallest absolute Gasteiger partial charge is 0.309 e. The van der Waals surface area contributed by atoms with Gasteiger partial charge >= 0.3 is 6.18 Å². The van der Waals surface area contributed by atoms with Crippen LogP contribution in [0.15, 0.2) is 22.7 Å². The lowest BCUT2D eigenvalue weighted by Gasteiger charge is -2.33. The molecule has 1 aliphatic rings. The maximum Gasteiger partial charge on any atom is 0.393 e. The predicted molar refractivity (Wildman–Crippen MR) is 77.5 cm³/mol. The van der Waals surface area contributed by atoms with E-state index in [9.17, 15) is 13.2 Å². The molecule has 2 rings (SSSR count). The van der Waals surface area contributed by atoms with Gasteiger partial charge in [-0.2, -0.15) is 13.2 Å². The van der Waals surface area contributed by atoms with Gasteiger partial charge in [-0.1, -0.05) is 40.9 Å². The average Bonchev–Trinajstić information content (AvgIpc) is 2.37. The van der Waals surface area contributed by atoms with Crippen LogP contribution in [0.4, 0.5) is 13.2 Å². The quantitative estimate of drug-likeness (QED) is 0.812. The molecule has 1 nitrogen and oxygen atoms in total. The van der Waals surface area contributed by atoms with E-state index in [1.165, 1.54) is 0 Å². The van der Waals surface area contributed by atoms with Gasteiger partial charge in [0.05, 0.1) is 5.92 Å². The highest BCUT2D eigenvalue weighted by atomic mass is 79.9. The molecule has 0 heterocycles. The van der Waals surface area contributed by atoms with Gasteiger partial charge in [-0.05, 0) is 37.0 Å². The lowest BCUT2D eigenvalue weighted by Crippen LogP contribution is -2.45. The van der Waals surface area contributed by atoms with Gasteiger partial charge in [0.2, 0.25) is 0 Å². The van der Waals surface area contributed by atoms with E-state index in [2.05, 4.69) is 21.2 Å². The van der Waals surface area contributed by atoms with Gasteiger partial charge in [0.15, 0.2) is 0 Å². The Morgan fingerprint density at radius 2 is 1.95 bits per heavy atom. The third kappa shape index (κ3) is 3.98. The van der Waals surface area contributed by atoms with Crippen LogP contribution in [0, 0.1) is 12.8 Å². The van der Waals surface area contributed by atoms with Crippen LogP contribution in [0.2, 0.25) is 0 Å². The van der Waals surface area contributed by atoms with Gasteiger partial charge < -0.3 is 5.32 Å². The number of hydrogen-bond donors (Lipinski definition) is 1. The van der Waals surface area contributed by atoms with Crippen molar-refractivity contribution in [3.63, 3.8) is 0 Å². The summed E-state index contributed by atoms with van der Waals surface area (Å²) in [6.07, 6.45) is -1.69. The zero-order valence-electron chi connectivity index (χ0n) is 11.4. The van der Waals surface area contributed by atoms with Crippen molar-refractivity contribution < 1.29 is 13.2 Å². The summed E-state index contributed by atoms with van der Waals surface area (Å²) in [7, 11) is 0. The largest absolute Gasteiger partial charge is 0.393 e. The molecule has 0 aliphatic heterocycles. The molecule has 1 N–H and O–H groups in total. The molecule has 0 aromatic heterocycles. The maximum atomic E-state index is 13.0. The van der Waals surface area contributed by atoms with E-state index in [0.29, 0.717) is 19.4 Å². The fraction of sp³-hybridized carbons (Fsp3) is 0.600. The monoisotopic (exact) mass is 349 g/mol. The number of hydrogen-bond acceptors (Lipinski definition) is 1. The Balaban J connectivity index is 2.01. The number of aryl methyl sites for hydroxylation is 1. The Bertz CT molecular complexity index is 459. The van der Waals surface area contributed by atoms with Crippen LogP contribution in [0.3, 0.4) is 0 Å². The van der Waals surface area contributed by atoms with Crippen LogP contribution >= 0.6 is 15.9 Å². The second kappa shape index (κ2) is 6.48. The van der Waals surface area contributed by atoms with E-state index in [0.717, 1.165) is 22.0 Å². The van der Waals surface area contributed by atoms with Gasteiger partial charge in [-0.3, -0.25) is 0 Å². The fourth-order valence-electron chi connectivity index (χ4n) is 2.80. The topological polar surface area (TPSA) is 12.0 Å². The summed E-state index contributed by atoms with van der Waals surface area (Å²) in [6.45, 7) is 2.46. The molecule has 0 saturated heterocycles. The molecule has 2 unspecified atom stereocenters. The minimum absolute atomic E-state index is 0.246. The fourth-order valence-corrected chi connectivity index (χ4v) is 3.44. The van der Waals surface area contributed by atoms with Crippen molar-refractivity contribution in [3.05, 3.63) is 33.8 Å². The number of alkyl halides is 3. The zero-order valence-corrected chi connectivity index (χ0v) is 13.0. The maximum absolute atomic E-state index is 13.0. The second-order valence-electron chi connectivity index (χ2n) is 5.51. The molecular formula is C15H19BrF3N. The molecule has 2 atom stereocenters. The minimum Gasteiger partial charge on any atom is -0.309 e.